The summed E-state index contributed by atoms with van der Waals surface area (Å²) in [5.41, 5.74) is 1.09. The van der Waals surface area contributed by atoms with Crippen LogP contribution in [-0.2, 0) is 16.0 Å². The van der Waals surface area contributed by atoms with Gasteiger partial charge in [-0.3, -0.25) is 9.59 Å². The molecule has 0 unspecified atom stereocenters. The van der Waals surface area contributed by atoms with Crippen LogP contribution in [0.1, 0.15) is 5.56 Å². The Kier molecular flexibility index (Phi) is 4.31. The number of hydrogen-bond donors (Lipinski definition) is 0. The molecule has 0 aliphatic carbocycles. The van der Waals surface area contributed by atoms with Crippen LogP contribution in [0.3, 0.4) is 0 Å². The van der Waals surface area contributed by atoms with Gasteiger partial charge in [0.25, 0.3) is 5.91 Å². The first-order valence-corrected chi connectivity index (χ1v) is 4.96. The van der Waals surface area contributed by atoms with Gasteiger partial charge in [-0.1, -0.05) is 23.7 Å². The number of carbonyl (C=O) groups is 2. The summed E-state index contributed by atoms with van der Waals surface area (Å²) in [5, 5.41) is 0.691. The number of likely N-dealkylation sites (N-methyl/N-ethyl adjacent to an activating group) is 1. The minimum Gasteiger partial charge on any atom is -0.339 e. The zero-order valence-electron chi connectivity index (χ0n) is 8.44. The lowest BCUT2D eigenvalue weighted by Gasteiger charge is -2.13. The number of benzene rings is 1. The normalized spacial score (nSPS) is 9.73. The van der Waals surface area contributed by atoms with E-state index < -0.39 is 5.91 Å². The maximum Gasteiger partial charge on any atom is 0.286 e. The van der Waals surface area contributed by atoms with E-state index in [1.165, 1.54) is 4.90 Å². The number of hydrogen-bond acceptors (Lipinski definition) is 2. The highest BCUT2D eigenvalue weighted by Crippen LogP contribution is 2.09. The molecule has 0 fully saturated rings. The van der Waals surface area contributed by atoms with Gasteiger partial charge in [-0.25, -0.2) is 0 Å². The van der Waals surface area contributed by atoms with Gasteiger partial charge in [-0.15, -0.1) is 0 Å². The van der Waals surface area contributed by atoms with Crippen molar-refractivity contribution in [2.24, 2.45) is 0 Å². The molecule has 0 bridgehead atoms. The Labute approximate surface area is 93.6 Å². The Morgan fingerprint density at radius 1 is 1.40 bits per heavy atom. The molecule has 0 heterocycles. The molecule has 3 nitrogen and oxygen atoms in total. The first-order valence-electron chi connectivity index (χ1n) is 4.58. The van der Waals surface area contributed by atoms with Gasteiger partial charge < -0.3 is 4.90 Å². The van der Waals surface area contributed by atoms with Crippen molar-refractivity contribution in [1.29, 1.82) is 0 Å². The van der Waals surface area contributed by atoms with Gasteiger partial charge in [0.05, 0.1) is 0 Å². The van der Waals surface area contributed by atoms with Crippen LogP contribution < -0.4 is 0 Å². The van der Waals surface area contributed by atoms with Gasteiger partial charge >= 0.3 is 0 Å². The van der Waals surface area contributed by atoms with E-state index in [-0.39, 0.29) is 0 Å². The molecular formula is C11H12ClNO2. The Bertz CT molecular complexity index is 348. The minimum absolute atomic E-state index is 0.321. The quantitative estimate of drug-likeness (QED) is 0.576. The van der Waals surface area contributed by atoms with Crippen LogP contribution in [0.4, 0.5) is 0 Å². The fourth-order valence-corrected chi connectivity index (χ4v) is 1.27. The summed E-state index contributed by atoms with van der Waals surface area (Å²) in [6, 6.07) is 7.42. The molecule has 0 atom stereocenters. The molecule has 1 amide bonds. The molecular weight excluding hydrogens is 214 g/mol. The summed E-state index contributed by atoms with van der Waals surface area (Å²) < 4.78 is 0. The molecule has 0 aromatic heterocycles. The van der Waals surface area contributed by atoms with Crippen LogP contribution in [0.25, 0.3) is 0 Å². The van der Waals surface area contributed by atoms with Gasteiger partial charge in [-0.2, -0.15) is 0 Å². The predicted octanol–water partition coefficient (Wildman–Crippen LogP) is 1.54. The number of rotatable bonds is 4. The summed E-state index contributed by atoms with van der Waals surface area (Å²) >= 11 is 5.74. The number of amides is 1. The molecule has 4 heteroatoms. The van der Waals surface area contributed by atoms with Crippen LogP contribution in [0.2, 0.25) is 5.02 Å². The molecule has 80 valence electrons. The average molecular weight is 226 g/mol. The number of nitrogens with zero attached hydrogens (tertiary/aromatic N) is 1. The second-order valence-electron chi connectivity index (χ2n) is 3.25. The van der Waals surface area contributed by atoms with Gasteiger partial charge in [0.2, 0.25) is 6.29 Å². The summed E-state index contributed by atoms with van der Waals surface area (Å²) in [6.07, 6.45) is 1.04. The van der Waals surface area contributed by atoms with Crippen molar-refractivity contribution in [1.82, 2.24) is 4.90 Å². The lowest BCUT2D eigenvalue weighted by Crippen LogP contribution is -2.29. The van der Waals surface area contributed by atoms with Gasteiger partial charge in [0.1, 0.15) is 0 Å². The molecule has 0 N–H and O–H groups in total. The predicted molar refractivity (Wildman–Crippen MR) is 58.9 cm³/mol. The van der Waals surface area contributed by atoms with E-state index in [0.29, 0.717) is 24.3 Å². The fraction of sp³-hybridized carbons (Fsp3) is 0.273. The van der Waals surface area contributed by atoms with Crippen molar-refractivity contribution >= 4 is 23.8 Å². The molecule has 0 saturated carbocycles. The van der Waals surface area contributed by atoms with E-state index in [1.54, 1.807) is 19.2 Å². The lowest BCUT2D eigenvalue weighted by atomic mass is 10.1. The summed E-state index contributed by atoms with van der Waals surface area (Å²) in [4.78, 5) is 22.5. The van der Waals surface area contributed by atoms with Crippen molar-refractivity contribution in [3.8, 4) is 0 Å². The molecule has 0 aliphatic heterocycles. The van der Waals surface area contributed by atoms with Crippen LogP contribution in [0.5, 0.6) is 0 Å². The van der Waals surface area contributed by atoms with Gasteiger partial charge in [0, 0.05) is 18.6 Å². The van der Waals surface area contributed by atoms with Crippen molar-refractivity contribution in [3.63, 3.8) is 0 Å². The van der Waals surface area contributed by atoms with Crippen molar-refractivity contribution in [2.75, 3.05) is 13.6 Å². The van der Waals surface area contributed by atoms with Crippen LogP contribution in [-0.4, -0.2) is 30.7 Å². The second-order valence-corrected chi connectivity index (χ2v) is 3.69. The molecule has 0 spiro atoms. The molecule has 1 aromatic rings. The highest BCUT2D eigenvalue weighted by molar-refractivity contribution is 6.30. The topological polar surface area (TPSA) is 37.4 Å². The third-order valence-electron chi connectivity index (χ3n) is 2.13. The van der Waals surface area contributed by atoms with E-state index in [0.717, 1.165) is 5.56 Å². The van der Waals surface area contributed by atoms with E-state index in [4.69, 9.17) is 11.6 Å². The maximum atomic E-state index is 10.9. The van der Waals surface area contributed by atoms with Crippen molar-refractivity contribution < 1.29 is 9.59 Å². The minimum atomic E-state index is -0.496. The van der Waals surface area contributed by atoms with E-state index in [2.05, 4.69) is 0 Å². The van der Waals surface area contributed by atoms with E-state index >= 15 is 0 Å². The molecule has 1 aromatic carbocycles. The average Bonchev–Trinajstić information content (AvgIpc) is 2.26. The molecule has 15 heavy (non-hydrogen) atoms. The van der Waals surface area contributed by atoms with Crippen LogP contribution >= 0.6 is 11.6 Å². The first-order chi connectivity index (χ1) is 7.13. The number of aldehydes is 1. The standard InChI is InChI=1S/C11H12ClNO2/c1-13(11(15)8-14)7-6-9-2-4-10(12)5-3-9/h2-5,8H,6-7H2,1H3. The molecule has 0 aliphatic rings. The van der Waals surface area contributed by atoms with E-state index in [9.17, 15) is 9.59 Å². The second kappa shape index (κ2) is 5.51. The van der Waals surface area contributed by atoms with Crippen LogP contribution in [0, 0.1) is 0 Å². The van der Waals surface area contributed by atoms with Crippen LogP contribution in [0.15, 0.2) is 24.3 Å². The summed E-state index contributed by atoms with van der Waals surface area (Å²) in [5.74, 6) is -0.496. The van der Waals surface area contributed by atoms with E-state index in [1.807, 2.05) is 12.1 Å². The highest BCUT2D eigenvalue weighted by atomic mass is 35.5. The Balaban J connectivity index is 2.46. The maximum absolute atomic E-state index is 10.9. The monoisotopic (exact) mass is 225 g/mol. The molecule has 0 saturated heterocycles. The Hall–Kier alpha value is -1.35. The zero-order chi connectivity index (χ0) is 11.3. The number of carbonyl (C=O) groups excluding carboxylic acids is 2. The van der Waals surface area contributed by atoms with Crippen molar-refractivity contribution in [3.05, 3.63) is 34.9 Å². The van der Waals surface area contributed by atoms with Gasteiger partial charge in [-0.05, 0) is 24.1 Å². The first kappa shape index (κ1) is 11.7. The third kappa shape index (κ3) is 3.72. The smallest absolute Gasteiger partial charge is 0.286 e. The third-order valence-corrected chi connectivity index (χ3v) is 2.38. The highest BCUT2D eigenvalue weighted by Gasteiger charge is 2.05. The zero-order valence-corrected chi connectivity index (χ0v) is 9.20. The lowest BCUT2D eigenvalue weighted by molar-refractivity contribution is -0.137. The Morgan fingerprint density at radius 2 is 2.00 bits per heavy atom. The fourth-order valence-electron chi connectivity index (χ4n) is 1.15. The molecule has 0 radical (unpaired) electrons. The van der Waals surface area contributed by atoms with Crippen molar-refractivity contribution in [2.45, 2.75) is 6.42 Å². The SMILES string of the molecule is CN(CCc1ccc(Cl)cc1)C(=O)C=O. The molecule has 1 rings (SSSR count). The summed E-state index contributed by atoms with van der Waals surface area (Å²) in [6.45, 7) is 0.527. The number of halogens is 1. The largest absolute Gasteiger partial charge is 0.339 e. The van der Waals surface area contributed by atoms with Gasteiger partial charge in [0.15, 0.2) is 0 Å². The Morgan fingerprint density at radius 3 is 2.53 bits per heavy atom. The summed E-state index contributed by atoms with van der Waals surface area (Å²) in [7, 11) is 1.60.